The number of hydrogen-bond donors (Lipinski definition) is 2. The summed E-state index contributed by atoms with van der Waals surface area (Å²) in [7, 11) is 0. The summed E-state index contributed by atoms with van der Waals surface area (Å²) in [6.45, 7) is 5.23. The van der Waals surface area contributed by atoms with Crippen molar-refractivity contribution in [2.24, 2.45) is 0 Å². The van der Waals surface area contributed by atoms with Crippen LogP contribution in [-0.4, -0.2) is 28.7 Å². The van der Waals surface area contributed by atoms with Gasteiger partial charge in [-0.2, -0.15) is 0 Å². The number of fused-ring (bicyclic) bond motifs is 4. The van der Waals surface area contributed by atoms with E-state index in [1.807, 2.05) is 36.4 Å². The minimum atomic E-state index is -1.03. The van der Waals surface area contributed by atoms with Gasteiger partial charge < -0.3 is 24.2 Å². The lowest BCUT2D eigenvalue weighted by Crippen LogP contribution is -2.46. The molecular formula is C29H26N2O6. The first-order valence-electron chi connectivity index (χ1n) is 11.9. The molecule has 1 unspecified atom stereocenters. The number of esters is 1. The molecule has 188 valence electrons. The van der Waals surface area contributed by atoms with E-state index >= 15 is 0 Å². The third-order valence-electron chi connectivity index (χ3n) is 5.89. The van der Waals surface area contributed by atoms with Gasteiger partial charge in [0.25, 0.3) is 0 Å². The smallest absolute Gasteiger partial charge is 0.408 e. The molecule has 0 aliphatic rings. The summed E-state index contributed by atoms with van der Waals surface area (Å²) in [6, 6.07) is 18.7. The second kappa shape index (κ2) is 9.46. The monoisotopic (exact) mass is 498 g/mol. The van der Waals surface area contributed by atoms with Gasteiger partial charge in [0.1, 0.15) is 23.0 Å². The van der Waals surface area contributed by atoms with E-state index in [2.05, 4.69) is 10.3 Å². The molecule has 1 atom stereocenters. The standard InChI is InChI=1S/C29H26N2O6/c1-29(2,3)37-28(34)31-24(14-17-16-30-23-11-7-6-8-19(17)23)27(33)35-18-12-13-21-20-9-4-5-10-22(20)26(32)36-25(21)15-18/h4-13,15-16,24,30H,14H2,1-3H3,(H,31,34). The quantitative estimate of drug-likeness (QED) is 0.144. The average molecular weight is 499 g/mol. The maximum atomic E-state index is 13.3. The Kier molecular flexibility index (Phi) is 6.17. The van der Waals surface area contributed by atoms with Crippen molar-refractivity contribution in [2.75, 3.05) is 0 Å². The number of aromatic amines is 1. The summed E-state index contributed by atoms with van der Waals surface area (Å²) in [6.07, 6.45) is 1.25. The van der Waals surface area contributed by atoms with Gasteiger partial charge >= 0.3 is 17.7 Å². The number of ether oxygens (including phenoxy) is 2. The lowest BCUT2D eigenvalue weighted by atomic mass is 10.0. The van der Waals surface area contributed by atoms with Gasteiger partial charge in [0, 0.05) is 35.0 Å². The second-order valence-electron chi connectivity index (χ2n) is 9.78. The molecule has 2 aromatic heterocycles. The molecule has 8 nitrogen and oxygen atoms in total. The molecule has 0 saturated carbocycles. The highest BCUT2D eigenvalue weighted by Crippen LogP contribution is 2.27. The Morgan fingerprint density at radius 1 is 0.946 bits per heavy atom. The first-order chi connectivity index (χ1) is 17.7. The Balaban J connectivity index is 1.44. The maximum Gasteiger partial charge on any atom is 0.408 e. The third kappa shape index (κ3) is 5.18. The molecule has 2 N–H and O–H groups in total. The molecule has 0 radical (unpaired) electrons. The molecule has 0 fully saturated rings. The van der Waals surface area contributed by atoms with Crippen LogP contribution in [0.25, 0.3) is 32.6 Å². The Hall–Kier alpha value is -4.59. The molecule has 1 amide bonds. The number of para-hydroxylation sites is 1. The zero-order valence-corrected chi connectivity index (χ0v) is 20.7. The topological polar surface area (TPSA) is 111 Å². The Morgan fingerprint density at radius 2 is 1.65 bits per heavy atom. The summed E-state index contributed by atoms with van der Waals surface area (Å²) in [5, 5.41) is 5.52. The summed E-state index contributed by atoms with van der Waals surface area (Å²) in [4.78, 5) is 41.4. The highest BCUT2D eigenvalue weighted by Gasteiger charge is 2.27. The largest absolute Gasteiger partial charge is 0.444 e. The third-order valence-corrected chi connectivity index (χ3v) is 5.89. The maximum absolute atomic E-state index is 13.3. The van der Waals surface area contributed by atoms with Crippen LogP contribution in [0.4, 0.5) is 4.79 Å². The van der Waals surface area contributed by atoms with E-state index in [4.69, 9.17) is 13.9 Å². The fourth-order valence-corrected chi connectivity index (χ4v) is 4.27. The molecule has 0 aliphatic heterocycles. The van der Waals surface area contributed by atoms with Crippen molar-refractivity contribution in [3.05, 3.63) is 88.9 Å². The number of benzene rings is 3. The van der Waals surface area contributed by atoms with E-state index in [0.717, 1.165) is 27.2 Å². The van der Waals surface area contributed by atoms with Gasteiger partial charge in [-0.15, -0.1) is 0 Å². The van der Waals surface area contributed by atoms with Gasteiger partial charge in [0.2, 0.25) is 0 Å². The van der Waals surface area contributed by atoms with Crippen LogP contribution in [0.2, 0.25) is 0 Å². The van der Waals surface area contributed by atoms with E-state index in [1.165, 1.54) is 6.07 Å². The number of carbonyl (C=O) groups excluding carboxylic acids is 2. The predicted molar refractivity (Wildman–Crippen MR) is 141 cm³/mol. The Bertz CT molecular complexity index is 1690. The van der Waals surface area contributed by atoms with Crippen molar-refractivity contribution in [2.45, 2.75) is 38.8 Å². The van der Waals surface area contributed by atoms with E-state index in [9.17, 15) is 14.4 Å². The zero-order chi connectivity index (χ0) is 26.2. The van der Waals surface area contributed by atoms with E-state index in [1.54, 1.807) is 51.2 Å². The van der Waals surface area contributed by atoms with Crippen LogP contribution in [0.1, 0.15) is 26.3 Å². The predicted octanol–water partition coefficient (Wildman–Crippen LogP) is 5.47. The second-order valence-corrected chi connectivity index (χ2v) is 9.78. The number of amides is 1. The molecule has 2 heterocycles. The molecule has 0 aliphatic carbocycles. The highest BCUT2D eigenvalue weighted by molar-refractivity contribution is 6.04. The molecule has 37 heavy (non-hydrogen) atoms. The minimum Gasteiger partial charge on any atom is -0.444 e. The van der Waals surface area contributed by atoms with Gasteiger partial charge in [-0.3, -0.25) is 0 Å². The van der Waals surface area contributed by atoms with Crippen molar-refractivity contribution in [3.63, 3.8) is 0 Å². The Morgan fingerprint density at radius 3 is 2.41 bits per heavy atom. The molecular weight excluding hydrogens is 472 g/mol. The summed E-state index contributed by atoms with van der Waals surface area (Å²) < 4.78 is 16.5. The molecule has 3 aromatic carbocycles. The number of alkyl carbamates (subject to hydrolysis) is 1. The minimum absolute atomic E-state index is 0.176. The first kappa shape index (κ1) is 24.1. The van der Waals surface area contributed by atoms with Gasteiger partial charge in [0.15, 0.2) is 0 Å². The van der Waals surface area contributed by atoms with Crippen molar-refractivity contribution >= 4 is 44.7 Å². The lowest BCUT2D eigenvalue weighted by Gasteiger charge is -2.23. The van der Waals surface area contributed by atoms with Crippen LogP contribution < -0.4 is 15.7 Å². The SMILES string of the molecule is CC(C)(C)OC(=O)NC(Cc1c[nH]c2ccccc12)C(=O)Oc1ccc2c(c1)oc(=O)c1ccccc12. The number of H-pyrrole nitrogens is 1. The molecule has 5 aromatic rings. The van der Waals surface area contributed by atoms with Gasteiger partial charge in [-0.25, -0.2) is 14.4 Å². The van der Waals surface area contributed by atoms with Crippen LogP contribution in [0.3, 0.4) is 0 Å². The van der Waals surface area contributed by atoms with Gasteiger partial charge in [0.05, 0.1) is 5.39 Å². The highest BCUT2D eigenvalue weighted by atomic mass is 16.6. The number of nitrogens with one attached hydrogen (secondary N) is 2. The van der Waals surface area contributed by atoms with Gasteiger partial charge in [-0.1, -0.05) is 36.4 Å². The van der Waals surface area contributed by atoms with E-state index in [0.29, 0.717) is 11.0 Å². The van der Waals surface area contributed by atoms with Crippen molar-refractivity contribution in [1.82, 2.24) is 10.3 Å². The number of aromatic nitrogens is 1. The lowest BCUT2D eigenvalue weighted by molar-refractivity contribution is -0.136. The summed E-state index contributed by atoms with van der Waals surface area (Å²) in [5.41, 5.74) is 0.832. The van der Waals surface area contributed by atoms with Gasteiger partial charge in [-0.05, 0) is 56.0 Å². The van der Waals surface area contributed by atoms with Crippen molar-refractivity contribution < 1.29 is 23.5 Å². The van der Waals surface area contributed by atoms with Crippen LogP contribution in [0, 0.1) is 0 Å². The van der Waals surface area contributed by atoms with E-state index in [-0.39, 0.29) is 12.2 Å². The molecule has 0 bridgehead atoms. The Labute approximate surface area is 212 Å². The van der Waals surface area contributed by atoms with Crippen LogP contribution in [0.5, 0.6) is 5.75 Å². The average Bonchev–Trinajstić information content (AvgIpc) is 3.25. The zero-order valence-electron chi connectivity index (χ0n) is 20.7. The number of rotatable bonds is 5. The summed E-state index contributed by atoms with van der Waals surface area (Å²) in [5.74, 6) is -0.496. The van der Waals surface area contributed by atoms with E-state index < -0.39 is 29.3 Å². The van der Waals surface area contributed by atoms with Crippen LogP contribution in [0.15, 0.2) is 82.1 Å². The number of hydrogen-bond acceptors (Lipinski definition) is 6. The molecule has 5 rings (SSSR count). The molecule has 0 saturated heterocycles. The molecule has 0 spiro atoms. The summed E-state index contributed by atoms with van der Waals surface area (Å²) >= 11 is 0. The van der Waals surface area contributed by atoms with Crippen LogP contribution >= 0.6 is 0 Å². The van der Waals surface area contributed by atoms with Crippen molar-refractivity contribution in [3.8, 4) is 5.75 Å². The molecule has 8 heteroatoms. The fourth-order valence-electron chi connectivity index (χ4n) is 4.27. The number of carbonyl (C=O) groups is 2. The first-order valence-corrected chi connectivity index (χ1v) is 11.9. The van der Waals surface area contributed by atoms with Crippen molar-refractivity contribution in [1.29, 1.82) is 0 Å². The normalized spacial score (nSPS) is 12.5. The van der Waals surface area contributed by atoms with Crippen LogP contribution in [-0.2, 0) is 16.0 Å². The fraction of sp³-hybridized carbons (Fsp3) is 0.207.